The lowest BCUT2D eigenvalue weighted by Crippen LogP contribution is -2.51. The standard InChI is InChI=1S/C29H32F2N4O5/c1-28(2,3)40-24(36)9-17-14-34(15-17)26(37)25-21(38-6)10-18(11-22(25)39-27(30)31)20-13-33-23-12-19(7-8-35(20)23)29(4,5)16-32/h7-8,10-13,17,27H,9,14-15H2,1-6H3. The molecule has 0 N–H and O–H groups in total. The number of carbonyl (C=O) groups excluding carboxylic acids is 2. The van der Waals surface area contributed by atoms with E-state index in [0.29, 0.717) is 16.9 Å². The summed E-state index contributed by atoms with van der Waals surface area (Å²) in [7, 11) is 1.34. The third kappa shape index (κ3) is 6.01. The summed E-state index contributed by atoms with van der Waals surface area (Å²) in [6.07, 6.45) is 3.47. The number of pyridine rings is 1. The molecule has 1 aliphatic rings. The van der Waals surface area contributed by atoms with Crippen molar-refractivity contribution in [3.8, 4) is 28.8 Å². The van der Waals surface area contributed by atoms with Gasteiger partial charge in [-0.2, -0.15) is 14.0 Å². The number of fused-ring (bicyclic) bond motifs is 1. The number of amides is 1. The summed E-state index contributed by atoms with van der Waals surface area (Å²) < 4.78 is 44.3. The summed E-state index contributed by atoms with van der Waals surface area (Å²) >= 11 is 0. The Morgan fingerprint density at radius 2 is 1.82 bits per heavy atom. The number of rotatable bonds is 8. The molecule has 3 aromatic rings. The Hall–Kier alpha value is -4.20. The Kier molecular flexibility index (Phi) is 7.74. The molecule has 1 fully saturated rings. The predicted octanol–water partition coefficient (Wildman–Crippen LogP) is 5.22. The first kappa shape index (κ1) is 28.8. The number of carbonyl (C=O) groups is 2. The third-order valence-electron chi connectivity index (χ3n) is 6.65. The van der Waals surface area contributed by atoms with Gasteiger partial charge in [0.15, 0.2) is 0 Å². The van der Waals surface area contributed by atoms with Gasteiger partial charge in [-0.1, -0.05) is 0 Å². The van der Waals surface area contributed by atoms with Crippen LogP contribution in [0.2, 0.25) is 0 Å². The fraction of sp³-hybridized carbons (Fsp3) is 0.448. The first-order valence-electron chi connectivity index (χ1n) is 12.8. The molecule has 3 heterocycles. The van der Waals surface area contributed by atoms with Crippen molar-refractivity contribution in [2.45, 2.75) is 58.7 Å². The molecule has 0 aliphatic carbocycles. The fourth-order valence-electron chi connectivity index (χ4n) is 4.59. The molecule has 11 heteroatoms. The molecule has 1 aliphatic heterocycles. The molecule has 40 heavy (non-hydrogen) atoms. The number of ether oxygens (including phenoxy) is 3. The minimum absolute atomic E-state index is 0.0610. The molecular weight excluding hydrogens is 522 g/mol. The average molecular weight is 555 g/mol. The van der Waals surface area contributed by atoms with E-state index in [0.717, 1.165) is 5.56 Å². The van der Waals surface area contributed by atoms with E-state index < -0.39 is 23.5 Å². The second kappa shape index (κ2) is 10.8. The molecule has 0 saturated carbocycles. The van der Waals surface area contributed by atoms with Gasteiger partial charge in [0.2, 0.25) is 0 Å². The number of halogens is 2. The van der Waals surface area contributed by atoms with Crippen molar-refractivity contribution in [3.63, 3.8) is 0 Å². The van der Waals surface area contributed by atoms with Crippen LogP contribution in [0.25, 0.3) is 16.9 Å². The van der Waals surface area contributed by atoms with Gasteiger partial charge in [0, 0.05) is 30.8 Å². The van der Waals surface area contributed by atoms with Gasteiger partial charge in [0.05, 0.1) is 36.9 Å². The maximum absolute atomic E-state index is 13.5. The number of methoxy groups -OCH3 is 1. The number of hydrogen-bond donors (Lipinski definition) is 0. The lowest BCUT2D eigenvalue weighted by atomic mass is 9.87. The van der Waals surface area contributed by atoms with Crippen molar-refractivity contribution in [1.29, 1.82) is 5.26 Å². The predicted molar refractivity (Wildman–Crippen MR) is 142 cm³/mol. The molecule has 2 aromatic heterocycles. The van der Waals surface area contributed by atoms with Gasteiger partial charge >= 0.3 is 12.6 Å². The largest absolute Gasteiger partial charge is 0.496 e. The summed E-state index contributed by atoms with van der Waals surface area (Å²) in [5.74, 6) is -1.27. The van der Waals surface area contributed by atoms with Crippen LogP contribution in [0.5, 0.6) is 11.5 Å². The monoisotopic (exact) mass is 554 g/mol. The molecule has 1 aromatic carbocycles. The van der Waals surface area contributed by atoms with E-state index in [1.165, 1.54) is 18.1 Å². The van der Waals surface area contributed by atoms with Gasteiger partial charge < -0.3 is 19.1 Å². The Labute approximate surface area is 231 Å². The topological polar surface area (TPSA) is 106 Å². The van der Waals surface area contributed by atoms with Crippen LogP contribution >= 0.6 is 0 Å². The van der Waals surface area contributed by atoms with Crippen LogP contribution in [0, 0.1) is 17.2 Å². The Morgan fingerprint density at radius 1 is 1.15 bits per heavy atom. The van der Waals surface area contributed by atoms with E-state index in [4.69, 9.17) is 14.2 Å². The molecule has 0 radical (unpaired) electrons. The number of nitrogens with zero attached hydrogens (tertiary/aromatic N) is 4. The molecule has 1 saturated heterocycles. The van der Waals surface area contributed by atoms with Crippen LogP contribution in [-0.4, -0.2) is 58.6 Å². The minimum Gasteiger partial charge on any atom is -0.496 e. The van der Waals surface area contributed by atoms with Gasteiger partial charge in [-0.3, -0.25) is 14.0 Å². The summed E-state index contributed by atoms with van der Waals surface area (Å²) in [6, 6.07) is 8.77. The zero-order chi connectivity index (χ0) is 29.4. The molecule has 9 nitrogen and oxygen atoms in total. The summed E-state index contributed by atoms with van der Waals surface area (Å²) in [6.45, 7) is 6.30. The highest BCUT2D eigenvalue weighted by Crippen LogP contribution is 2.38. The number of alkyl halides is 2. The van der Waals surface area contributed by atoms with Crippen LogP contribution in [0.4, 0.5) is 8.78 Å². The normalized spacial score (nSPS) is 14.2. The van der Waals surface area contributed by atoms with E-state index in [9.17, 15) is 23.6 Å². The summed E-state index contributed by atoms with van der Waals surface area (Å²) in [5.41, 5.74) is 0.865. The highest BCUT2D eigenvalue weighted by molar-refractivity contribution is 6.01. The van der Waals surface area contributed by atoms with E-state index in [1.54, 1.807) is 69.6 Å². The number of likely N-dealkylation sites (tertiary alicyclic amines) is 1. The van der Waals surface area contributed by atoms with Gasteiger partial charge in [-0.05, 0) is 64.4 Å². The minimum atomic E-state index is -3.18. The lowest BCUT2D eigenvalue weighted by Gasteiger charge is -2.39. The first-order chi connectivity index (χ1) is 18.7. The van der Waals surface area contributed by atoms with Gasteiger partial charge in [0.1, 0.15) is 28.3 Å². The summed E-state index contributed by atoms with van der Waals surface area (Å²) in [4.78, 5) is 31.4. The number of imidazole rings is 1. The van der Waals surface area contributed by atoms with Crippen molar-refractivity contribution in [2.75, 3.05) is 20.2 Å². The van der Waals surface area contributed by atoms with Crippen molar-refractivity contribution in [1.82, 2.24) is 14.3 Å². The van der Waals surface area contributed by atoms with Crippen molar-refractivity contribution in [2.24, 2.45) is 5.92 Å². The fourth-order valence-corrected chi connectivity index (χ4v) is 4.59. The van der Waals surface area contributed by atoms with Crippen molar-refractivity contribution in [3.05, 3.63) is 47.8 Å². The third-order valence-corrected chi connectivity index (χ3v) is 6.65. The maximum Gasteiger partial charge on any atom is 0.387 e. The van der Waals surface area contributed by atoms with Crippen LogP contribution in [-0.2, 0) is 14.9 Å². The number of esters is 1. The van der Waals surface area contributed by atoms with E-state index >= 15 is 0 Å². The average Bonchev–Trinajstić information content (AvgIpc) is 3.27. The molecule has 212 valence electrons. The van der Waals surface area contributed by atoms with Gasteiger partial charge in [0.25, 0.3) is 5.91 Å². The number of nitriles is 1. The smallest absolute Gasteiger partial charge is 0.387 e. The number of aromatic nitrogens is 2. The highest BCUT2D eigenvalue weighted by atomic mass is 19.3. The van der Waals surface area contributed by atoms with Crippen molar-refractivity contribution < 1.29 is 32.6 Å². The SMILES string of the molecule is COc1cc(-c2cnc3cc(C(C)(C)C#N)ccn23)cc(OC(F)F)c1C(=O)N1CC(CC(=O)OC(C)(C)C)C1. The second-order valence-electron chi connectivity index (χ2n) is 11.3. The zero-order valence-corrected chi connectivity index (χ0v) is 23.3. The van der Waals surface area contributed by atoms with E-state index in [2.05, 4.69) is 11.1 Å². The zero-order valence-electron chi connectivity index (χ0n) is 23.3. The Morgan fingerprint density at radius 3 is 2.42 bits per heavy atom. The quantitative estimate of drug-likeness (QED) is 0.352. The molecule has 4 rings (SSSR count). The Balaban J connectivity index is 1.64. The second-order valence-corrected chi connectivity index (χ2v) is 11.3. The van der Waals surface area contributed by atoms with Crippen LogP contribution in [0.3, 0.4) is 0 Å². The first-order valence-corrected chi connectivity index (χ1v) is 12.8. The number of benzene rings is 1. The molecular formula is C29H32F2N4O5. The molecule has 0 atom stereocenters. The molecule has 0 bridgehead atoms. The van der Waals surface area contributed by atoms with Crippen LogP contribution in [0.1, 0.15) is 57.0 Å². The van der Waals surface area contributed by atoms with Crippen molar-refractivity contribution >= 4 is 17.5 Å². The van der Waals surface area contributed by atoms with Crippen LogP contribution < -0.4 is 9.47 Å². The van der Waals surface area contributed by atoms with Crippen LogP contribution in [0.15, 0.2) is 36.7 Å². The Bertz CT molecular complexity index is 1480. The van der Waals surface area contributed by atoms with E-state index in [1.807, 2.05) is 0 Å². The van der Waals surface area contributed by atoms with Gasteiger partial charge in [-0.25, -0.2) is 4.98 Å². The maximum atomic E-state index is 13.5. The van der Waals surface area contributed by atoms with E-state index in [-0.39, 0.29) is 48.5 Å². The molecule has 1 amide bonds. The molecule has 0 spiro atoms. The number of hydrogen-bond acceptors (Lipinski definition) is 7. The highest BCUT2D eigenvalue weighted by Gasteiger charge is 2.37. The van der Waals surface area contributed by atoms with Gasteiger partial charge in [-0.15, -0.1) is 0 Å². The lowest BCUT2D eigenvalue weighted by molar-refractivity contribution is -0.157. The summed E-state index contributed by atoms with van der Waals surface area (Å²) in [5, 5.41) is 9.47. The molecule has 0 unspecified atom stereocenters.